The normalized spacial score (nSPS) is 11.0. The van der Waals surface area contributed by atoms with Crippen molar-refractivity contribution in [3.05, 3.63) is 11.1 Å². The van der Waals surface area contributed by atoms with E-state index in [2.05, 4.69) is 11.8 Å². The third kappa shape index (κ3) is 1.54. The quantitative estimate of drug-likeness (QED) is 0.409. The predicted molar refractivity (Wildman–Crippen MR) is 36.0 cm³/mol. The maximum absolute atomic E-state index is 5.05. The van der Waals surface area contributed by atoms with E-state index in [0.717, 1.165) is 11.1 Å². The molecule has 40 valence electrons. The Kier molecular flexibility index (Phi) is 2.52. The van der Waals surface area contributed by atoms with Gasteiger partial charge in [0.05, 0.1) is 0 Å². The van der Waals surface area contributed by atoms with Crippen LogP contribution in [0.2, 0.25) is 0 Å². The molecule has 0 aromatic heterocycles. The number of allylic oxidation sites excluding steroid dienone is 2. The molecular formula is C8H8. The second kappa shape index (κ2) is 2.94. The van der Waals surface area contributed by atoms with Crippen molar-refractivity contribution in [3.8, 4) is 24.7 Å². The van der Waals surface area contributed by atoms with E-state index in [1.807, 2.05) is 13.8 Å². The summed E-state index contributed by atoms with van der Waals surface area (Å²) in [6.45, 7) is 3.66. The van der Waals surface area contributed by atoms with Crippen LogP contribution in [0.15, 0.2) is 11.1 Å². The summed E-state index contributed by atoms with van der Waals surface area (Å²) in [6.07, 6.45) is 10.1. The largest absolute Gasteiger partial charge is 0.115 e. The topological polar surface area (TPSA) is 0 Å². The fourth-order valence-electron chi connectivity index (χ4n) is 0.217. The molecule has 0 fully saturated rings. The van der Waals surface area contributed by atoms with Crippen molar-refractivity contribution >= 4 is 0 Å². The van der Waals surface area contributed by atoms with E-state index in [-0.39, 0.29) is 0 Å². The van der Waals surface area contributed by atoms with E-state index in [1.54, 1.807) is 0 Å². The predicted octanol–water partition coefficient (Wildman–Crippen LogP) is 1.59. The Labute approximate surface area is 50.6 Å². The van der Waals surface area contributed by atoms with Crippen molar-refractivity contribution in [1.29, 1.82) is 0 Å². The number of rotatable bonds is 0. The molecule has 0 radical (unpaired) electrons. The SMILES string of the molecule is C#C/C(C)=C(/C)C#C. The van der Waals surface area contributed by atoms with Gasteiger partial charge in [-0.15, -0.1) is 12.8 Å². The fourth-order valence-corrected chi connectivity index (χ4v) is 0.217. The molecule has 0 saturated carbocycles. The van der Waals surface area contributed by atoms with Gasteiger partial charge in [0.1, 0.15) is 0 Å². The summed E-state index contributed by atoms with van der Waals surface area (Å²) < 4.78 is 0. The smallest absolute Gasteiger partial charge is 0.00991 e. The maximum Gasteiger partial charge on any atom is 0.00991 e. The summed E-state index contributed by atoms with van der Waals surface area (Å²) >= 11 is 0. The zero-order valence-corrected chi connectivity index (χ0v) is 5.15. The van der Waals surface area contributed by atoms with Gasteiger partial charge >= 0.3 is 0 Å². The molecule has 0 aliphatic heterocycles. The molecule has 0 bridgehead atoms. The molecule has 0 heterocycles. The van der Waals surface area contributed by atoms with E-state index >= 15 is 0 Å². The molecule has 8 heavy (non-hydrogen) atoms. The van der Waals surface area contributed by atoms with E-state index < -0.39 is 0 Å². The zero-order chi connectivity index (χ0) is 6.57. The van der Waals surface area contributed by atoms with Gasteiger partial charge in [-0.25, -0.2) is 0 Å². The van der Waals surface area contributed by atoms with Crippen molar-refractivity contribution in [2.75, 3.05) is 0 Å². The minimum Gasteiger partial charge on any atom is -0.115 e. The number of terminal acetylenes is 2. The average Bonchev–Trinajstić information content (AvgIpc) is 1.84. The highest BCUT2D eigenvalue weighted by atomic mass is 13.9. The van der Waals surface area contributed by atoms with Gasteiger partial charge in [-0.1, -0.05) is 11.8 Å². The third-order valence-corrected chi connectivity index (χ3v) is 0.996. The fraction of sp³-hybridized carbons (Fsp3) is 0.250. The maximum atomic E-state index is 5.05. The molecule has 0 aromatic carbocycles. The van der Waals surface area contributed by atoms with Gasteiger partial charge in [-0.2, -0.15) is 0 Å². The molecule has 0 aliphatic rings. The van der Waals surface area contributed by atoms with Crippen molar-refractivity contribution in [2.24, 2.45) is 0 Å². The van der Waals surface area contributed by atoms with Crippen LogP contribution in [-0.4, -0.2) is 0 Å². The molecule has 0 atom stereocenters. The van der Waals surface area contributed by atoms with E-state index in [1.165, 1.54) is 0 Å². The molecule has 0 unspecified atom stereocenters. The summed E-state index contributed by atoms with van der Waals surface area (Å²) in [4.78, 5) is 0. The molecule has 0 N–H and O–H groups in total. The second-order valence-corrected chi connectivity index (χ2v) is 1.54. The van der Waals surface area contributed by atoms with Crippen molar-refractivity contribution < 1.29 is 0 Å². The summed E-state index contributed by atoms with van der Waals surface area (Å²) in [6, 6.07) is 0. The first kappa shape index (κ1) is 6.86. The Morgan fingerprint density at radius 2 is 1.25 bits per heavy atom. The highest BCUT2D eigenvalue weighted by molar-refractivity contribution is 5.37. The highest BCUT2D eigenvalue weighted by Gasteiger charge is 1.83. The first-order valence-electron chi connectivity index (χ1n) is 2.33. The standard InChI is InChI=1S/C8H8/c1-5-7(3)8(4)6-2/h1-2H,3-4H3/b8-7-. The second-order valence-electron chi connectivity index (χ2n) is 1.54. The van der Waals surface area contributed by atoms with Crippen molar-refractivity contribution in [1.82, 2.24) is 0 Å². The van der Waals surface area contributed by atoms with Gasteiger partial charge in [0.15, 0.2) is 0 Å². The first-order valence-corrected chi connectivity index (χ1v) is 2.33. The summed E-state index contributed by atoms with van der Waals surface area (Å²) in [5.74, 6) is 4.91. The number of hydrogen-bond donors (Lipinski definition) is 0. The van der Waals surface area contributed by atoms with Crippen LogP contribution in [0.25, 0.3) is 0 Å². The molecule has 0 aromatic rings. The summed E-state index contributed by atoms with van der Waals surface area (Å²) in [5, 5.41) is 0. The van der Waals surface area contributed by atoms with E-state index in [4.69, 9.17) is 12.8 Å². The van der Waals surface area contributed by atoms with E-state index in [0.29, 0.717) is 0 Å². The summed E-state index contributed by atoms with van der Waals surface area (Å²) in [7, 11) is 0. The van der Waals surface area contributed by atoms with Gasteiger partial charge in [-0.05, 0) is 13.8 Å². The number of hydrogen-bond acceptors (Lipinski definition) is 0. The van der Waals surface area contributed by atoms with Crippen LogP contribution in [0.3, 0.4) is 0 Å². The van der Waals surface area contributed by atoms with Crippen molar-refractivity contribution in [3.63, 3.8) is 0 Å². The van der Waals surface area contributed by atoms with Crippen LogP contribution in [0.5, 0.6) is 0 Å². The van der Waals surface area contributed by atoms with Crippen LogP contribution in [0.4, 0.5) is 0 Å². The summed E-state index contributed by atoms with van der Waals surface area (Å²) in [5.41, 5.74) is 1.68. The van der Waals surface area contributed by atoms with Crippen LogP contribution >= 0.6 is 0 Å². The first-order chi connectivity index (χ1) is 3.72. The molecule has 0 aliphatic carbocycles. The Balaban J connectivity index is 4.41. The monoisotopic (exact) mass is 104 g/mol. The highest BCUT2D eigenvalue weighted by Crippen LogP contribution is 1.97. The Morgan fingerprint density at radius 1 is 1.00 bits per heavy atom. The lowest BCUT2D eigenvalue weighted by molar-refractivity contribution is 1.44. The van der Waals surface area contributed by atoms with E-state index in [9.17, 15) is 0 Å². The Bertz CT molecular complexity index is 159. The molecule has 0 nitrogen and oxygen atoms in total. The van der Waals surface area contributed by atoms with Crippen LogP contribution in [0, 0.1) is 24.7 Å². The molecule has 0 rings (SSSR count). The molecular weight excluding hydrogens is 96.1 g/mol. The van der Waals surface area contributed by atoms with Crippen LogP contribution < -0.4 is 0 Å². The molecule has 0 saturated heterocycles. The van der Waals surface area contributed by atoms with Crippen molar-refractivity contribution in [2.45, 2.75) is 13.8 Å². The van der Waals surface area contributed by atoms with Gasteiger partial charge in [0.25, 0.3) is 0 Å². The minimum atomic E-state index is 0.840. The Hall–Kier alpha value is -1.14. The average molecular weight is 104 g/mol. The lowest BCUT2D eigenvalue weighted by Crippen LogP contribution is -1.73. The minimum absolute atomic E-state index is 0.840. The third-order valence-electron chi connectivity index (χ3n) is 0.996. The Morgan fingerprint density at radius 3 is 1.38 bits per heavy atom. The molecule has 0 spiro atoms. The molecule has 0 heteroatoms. The molecule has 0 amide bonds. The van der Waals surface area contributed by atoms with Gasteiger partial charge in [0.2, 0.25) is 0 Å². The zero-order valence-electron chi connectivity index (χ0n) is 5.15. The lowest BCUT2D eigenvalue weighted by Gasteiger charge is -1.87. The van der Waals surface area contributed by atoms with Gasteiger partial charge < -0.3 is 0 Å². The lowest BCUT2D eigenvalue weighted by atomic mass is 10.2. The van der Waals surface area contributed by atoms with Gasteiger partial charge in [-0.3, -0.25) is 0 Å². The van der Waals surface area contributed by atoms with Crippen LogP contribution in [0.1, 0.15) is 13.8 Å². The van der Waals surface area contributed by atoms with Crippen LogP contribution in [-0.2, 0) is 0 Å². The van der Waals surface area contributed by atoms with Gasteiger partial charge in [0, 0.05) is 11.1 Å².